The summed E-state index contributed by atoms with van der Waals surface area (Å²) in [6, 6.07) is 22.7. The first kappa shape index (κ1) is 19.3. The molecule has 0 aliphatic heterocycles. The molecule has 4 nitrogen and oxygen atoms in total. The van der Waals surface area contributed by atoms with Gasteiger partial charge in [-0.25, -0.2) is 5.43 Å². The van der Waals surface area contributed by atoms with Crippen molar-refractivity contribution >= 4 is 44.0 Å². The van der Waals surface area contributed by atoms with Gasteiger partial charge in [0, 0.05) is 20.1 Å². The molecule has 0 aromatic heterocycles. The molecule has 0 aliphatic carbocycles. The predicted octanol–water partition coefficient (Wildman–Crippen LogP) is 5.55. The van der Waals surface area contributed by atoms with Gasteiger partial charge in [-0.05, 0) is 42.0 Å². The number of amides is 1. The fraction of sp³-hybridized carbons (Fsp3) is 0.0476. The summed E-state index contributed by atoms with van der Waals surface area (Å²) in [6.45, 7) is 0.452. The highest BCUT2D eigenvalue weighted by Crippen LogP contribution is 2.23. The molecule has 1 N–H and O–H groups in total. The van der Waals surface area contributed by atoms with Crippen LogP contribution < -0.4 is 10.2 Å². The minimum absolute atomic E-state index is 0.283. The smallest absolute Gasteiger partial charge is 0.271 e. The summed E-state index contributed by atoms with van der Waals surface area (Å²) in [5.74, 6) is 0.400. The maximum atomic E-state index is 12.2. The first-order valence-corrected chi connectivity index (χ1v) is 9.76. The maximum Gasteiger partial charge on any atom is 0.271 e. The molecular weight excluding hydrogens is 472 g/mol. The molecule has 6 heteroatoms. The zero-order valence-electron chi connectivity index (χ0n) is 14.2. The third-order valence-corrected chi connectivity index (χ3v) is 4.65. The molecule has 27 heavy (non-hydrogen) atoms. The van der Waals surface area contributed by atoms with E-state index in [2.05, 4.69) is 42.4 Å². The SMILES string of the molecule is O=C(N/N=C/c1cc(Br)ccc1OCc1ccccc1)c1cccc(Br)c1. The summed E-state index contributed by atoms with van der Waals surface area (Å²) >= 11 is 6.80. The largest absolute Gasteiger partial charge is 0.488 e. The van der Waals surface area contributed by atoms with E-state index in [1.807, 2.05) is 54.6 Å². The van der Waals surface area contributed by atoms with Crippen molar-refractivity contribution in [1.82, 2.24) is 5.43 Å². The number of hydrogen-bond donors (Lipinski definition) is 1. The zero-order chi connectivity index (χ0) is 19.1. The molecule has 0 saturated carbocycles. The normalized spacial score (nSPS) is 10.7. The van der Waals surface area contributed by atoms with Gasteiger partial charge in [0.05, 0.1) is 6.21 Å². The maximum absolute atomic E-state index is 12.2. The number of hydrogen-bond acceptors (Lipinski definition) is 3. The van der Waals surface area contributed by atoms with Crippen LogP contribution in [0.15, 0.2) is 86.8 Å². The fourth-order valence-corrected chi connectivity index (χ4v) is 3.12. The van der Waals surface area contributed by atoms with E-state index in [0.717, 1.165) is 20.1 Å². The van der Waals surface area contributed by atoms with Crippen LogP contribution in [0.4, 0.5) is 0 Å². The van der Waals surface area contributed by atoms with Crippen LogP contribution in [0, 0.1) is 0 Å². The van der Waals surface area contributed by atoms with Gasteiger partial charge in [0.15, 0.2) is 0 Å². The number of benzene rings is 3. The van der Waals surface area contributed by atoms with Gasteiger partial charge in [-0.2, -0.15) is 5.10 Å². The van der Waals surface area contributed by atoms with Crippen LogP contribution in [0.25, 0.3) is 0 Å². The Morgan fingerprint density at radius 2 is 1.74 bits per heavy atom. The van der Waals surface area contributed by atoms with Crippen LogP contribution in [-0.4, -0.2) is 12.1 Å². The standard InChI is InChI=1S/C21H16Br2N2O2/c22-18-8-4-7-16(11-18)21(26)25-24-13-17-12-19(23)9-10-20(17)27-14-15-5-2-1-3-6-15/h1-13H,14H2,(H,25,26)/b24-13+. The van der Waals surface area contributed by atoms with Crippen molar-refractivity contribution in [2.75, 3.05) is 0 Å². The number of halogens is 2. The molecule has 0 saturated heterocycles. The highest BCUT2D eigenvalue weighted by molar-refractivity contribution is 9.10. The summed E-state index contributed by atoms with van der Waals surface area (Å²) in [7, 11) is 0. The quantitative estimate of drug-likeness (QED) is 0.365. The summed E-state index contributed by atoms with van der Waals surface area (Å²) in [5.41, 5.74) is 4.89. The molecule has 0 unspecified atom stereocenters. The van der Waals surface area contributed by atoms with E-state index >= 15 is 0 Å². The Balaban J connectivity index is 1.69. The monoisotopic (exact) mass is 486 g/mol. The molecule has 3 rings (SSSR count). The molecule has 3 aromatic rings. The molecular formula is C21H16Br2N2O2. The van der Waals surface area contributed by atoms with Gasteiger partial charge in [-0.3, -0.25) is 4.79 Å². The first-order chi connectivity index (χ1) is 13.1. The van der Waals surface area contributed by atoms with Crippen LogP contribution in [0.5, 0.6) is 5.75 Å². The molecule has 0 spiro atoms. The van der Waals surface area contributed by atoms with E-state index in [1.54, 1.807) is 24.4 Å². The Hall–Kier alpha value is -2.44. The van der Waals surface area contributed by atoms with Crippen molar-refractivity contribution in [3.05, 3.63) is 98.4 Å². The predicted molar refractivity (Wildman–Crippen MR) is 114 cm³/mol. The number of hydrazone groups is 1. The van der Waals surface area contributed by atoms with Crippen molar-refractivity contribution in [1.29, 1.82) is 0 Å². The van der Waals surface area contributed by atoms with Gasteiger partial charge >= 0.3 is 0 Å². The number of carbonyl (C=O) groups excluding carboxylic acids is 1. The number of carbonyl (C=O) groups is 1. The second-order valence-electron chi connectivity index (χ2n) is 5.67. The van der Waals surface area contributed by atoms with Crippen LogP contribution in [0.2, 0.25) is 0 Å². The summed E-state index contributed by atoms with van der Waals surface area (Å²) in [6.07, 6.45) is 1.57. The van der Waals surface area contributed by atoms with Gasteiger partial charge in [-0.1, -0.05) is 68.3 Å². The average Bonchev–Trinajstić information content (AvgIpc) is 2.68. The van der Waals surface area contributed by atoms with Crippen LogP contribution in [-0.2, 0) is 6.61 Å². The Labute approximate surface area is 174 Å². The van der Waals surface area contributed by atoms with Crippen molar-refractivity contribution in [3.63, 3.8) is 0 Å². The average molecular weight is 488 g/mol. The highest BCUT2D eigenvalue weighted by atomic mass is 79.9. The van der Waals surface area contributed by atoms with E-state index in [0.29, 0.717) is 17.9 Å². The van der Waals surface area contributed by atoms with E-state index in [9.17, 15) is 4.79 Å². The van der Waals surface area contributed by atoms with Gasteiger partial charge in [0.1, 0.15) is 12.4 Å². The summed E-state index contributed by atoms with van der Waals surface area (Å²) in [4.78, 5) is 12.2. The van der Waals surface area contributed by atoms with E-state index in [1.165, 1.54) is 0 Å². The van der Waals surface area contributed by atoms with Gasteiger partial charge < -0.3 is 4.74 Å². The minimum atomic E-state index is -0.283. The Kier molecular flexibility index (Phi) is 6.79. The fourth-order valence-electron chi connectivity index (χ4n) is 2.34. The lowest BCUT2D eigenvalue weighted by atomic mass is 10.2. The molecule has 1 amide bonds. The van der Waals surface area contributed by atoms with Gasteiger partial charge in [0.25, 0.3) is 5.91 Å². The second kappa shape index (κ2) is 9.48. The highest BCUT2D eigenvalue weighted by Gasteiger charge is 2.06. The van der Waals surface area contributed by atoms with Crippen molar-refractivity contribution in [2.45, 2.75) is 6.61 Å². The number of ether oxygens (including phenoxy) is 1. The molecule has 0 radical (unpaired) electrons. The summed E-state index contributed by atoms with van der Waals surface area (Å²) in [5, 5.41) is 4.06. The number of nitrogens with zero attached hydrogens (tertiary/aromatic N) is 1. The molecule has 3 aromatic carbocycles. The van der Waals surface area contributed by atoms with Crippen LogP contribution >= 0.6 is 31.9 Å². The van der Waals surface area contributed by atoms with Crippen molar-refractivity contribution in [2.24, 2.45) is 5.10 Å². The first-order valence-electron chi connectivity index (χ1n) is 8.17. The topological polar surface area (TPSA) is 50.7 Å². The molecule has 0 bridgehead atoms. The van der Waals surface area contributed by atoms with Crippen LogP contribution in [0.1, 0.15) is 21.5 Å². The lowest BCUT2D eigenvalue weighted by Crippen LogP contribution is -2.17. The minimum Gasteiger partial charge on any atom is -0.488 e. The third kappa shape index (κ3) is 5.77. The lowest BCUT2D eigenvalue weighted by Gasteiger charge is -2.09. The molecule has 0 atom stereocenters. The number of nitrogens with one attached hydrogen (secondary N) is 1. The second-order valence-corrected chi connectivity index (χ2v) is 7.50. The summed E-state index contributed by atoms with van der Waals surface area (Å²) < 4.78 is 7.64. The van der Waals surface area contributed by atoms with Crippen molar-refractivity contribution < 1.29 is 9.53 Å². The molecule has 0 heterocycles. The van der Waals surface area contributed by atoms with Crippen molar-refractivity contribution in [3.8, 4) is 5.75 Å². The van der Waals surface area contributed by atoms with E-state index in [4.69, 9.17) is 4.74 Å². The Morgan fingerprint density at radius 3 is 2.52 bits per heavy atom. The zero-order valence-corrected chi connectivity index (χ0v) is 17.4. The van der Waals surface area contributed by atoms with Crippen LogP contribution in [0.3, 0.4) is 0 Å². The number of rotatable bonds is 6. The molecule has 136 valence electrons. The Bertz CT molecular complexity index is 959. The Morgan fingerprint density at radius 1 is 0.963 bits per heavy atom. The van der Waals surface area contributed by atoms with E-state index in [-0.39, 0.29) is 5.91 Å². The van der Waals surface area contributed by atoms with E-state index < -0.39 is 0 Å². The molecule has 0 aliphatic rings. The third-order valence-electron chi connectivity index (χ3n) is 3.67. The van der Waals surface area contributed by atoms with Gasteiger partial charge in [-0.15, -0.1) is 0 Å². The van der Waals surface area contributed by atoms with Gasteiger partial charge in [0.2, 0.25) is 0 Å². The molecule has 0 fully saturated rings. The lowest BCUT2D eigenvalue weighted by molar-refractivity contribution is 0.0955.